The maximum atomic E-state index is 12.1. The van der Waals surface area contributed by atoms with E-state index in [1.165, 1.54) is 6.33 Å². The molecule has 0 unspecified atom stereocenters. The van der Waals surface area contributed by atoms with Crippen molar-refractivity contribution in [2.75, 3.05) is 11.9 Å². The molecule has 2 aromatic rings. The van der Waals surface area contributed by atoms with Crippen molar-refractivity contribution >= 4 is 11.6 Å². The molecule has 1 aliphatic rings. The molecule has 0 spiro atoms. The van der Waals surface area contributed by atoms with Gasteiger partial charge in [0.25, 0.3) is 0 Å². The molecule has 6 nitrogen and oxygen atoms in total. The number of hydrogen-bond acceptors (Lipinski definition) is 4. The number of hydrogen-bond donors (Lipinski definition) is 1. The fraction of sp³-hybridized carbons (Fsp3) is 0.438. The molecule has 0 saturated heterocycles. The summed E-state index contributed by atoms with van der Waals surface area (Å²) < 4.78 is 7.40. The third-order valence-corrected chi connectivity index (χ3v) is 3.88. The highest BCUT2D eigenvalue weighted by Crippen LogP contribution is 2.26. The smallest absolute Gasteiger partial charge is 0.227 e. The molecule has 1 heterocycles. The summed E-state index contributed by atoms with van der Waals surface area (Å²) in [6.45, 7) is 1.14. The van der Waals surface area contributed by atoms with Crippen molar-refractivity contribution in [1.82, 2.24) is 14.8 Å². The van der Waals surface area contributed by atoms with Crippen LogP contribution in [0.25, 0.3) is 0 Å². The van der Waals surface area contributed by atoms with Crippen molar-refractivity contribution in [3.05, 3.63) is 36.9 Å². The summed E-state index contributed by atoms with van der Waals surface area (Å²) >= 11 is 0. The third kappa shape index (κ3) is 3.84. The van der Waals surface area contributed by atoms with Gasteiger partial charge in [-0.2, -0.15) is 5.10 Å². The van der Waals surface area contributed by atoms with Crippen LogP contribution < -0.4 is 10.1 Å². The Kier molecular flexibility index (Phi) is 4.68. The molecule has 0 bridgehead atoms. The minimum atomic E-state index is 0.122. The Labute approximate surface area is 129 Å². The van der Waals surface area contributed by atoms with Crippen LogP contribution in [-0.2, 0) is 11.3 Å². The Morgan fingerprint density at radius 3 is 3.00 bits per heavy atom. The van der Waals surface area contributed by atoms with Crippen LogP contribution in [0.4, 0.5) is 5.69 Å². The first-order chi connectivity index (χ1) is 10.8. The second-order valence-electron chi connectivity index (χ2n) is 5.51. The van der Waals surface area contributed by atoms with Crippen molar-refractivity contribution in [2.45, 2.75) is 32.2 Å². The van der Waals surface area contributed by atoms with E-state index in [9.17, 15) is 4.79 Å². The van der Waals surface area contributed by atoms with Crippen LogP contribution in [-0.4, -0.2) is 27.3 Å². The van der Waals surface area contributed by atoms with Gasteiger partial charge < -0.3 is 10.1 Å². The predicted molar refractivity (Wildman–Crippen MR) is 82.5 cm³/mol. The average molecular weight is 300 g/mol. The van der Waals surface area contributed by atoms with E-state index in [2.05, 4.69) is 15.4 Å². The number of carbonyl (C=O) groups excluding carboxylic acids is 1. The van der Waals surface area contributed by atoms with Crippen LogP contribution >= 0.6 is 0 Å². The standard InChI is InChI=1S/C16H20N4O2/c21-16(13-4-1-2-5-13)19-14-6-3-7-15(10-14)22-9-8-20-12-17-11-18-20/h3,6-7,10-13H,1-2,4-5,8-9H2,(H,19,21). The van der Waals surface area contributed by atoms with Crippen LogP contribution in [0, 0.1) is 5.92 Å². The zero-order valence-electron chi connectivity index (χ0n) is 12.4. The summed E-state index contributed by atoms with van der Waals surface area (Å²) in [5.41, 5.74) is 0.787. The van der Waals surface area contributed by atoms with E-state index in [1.807, 2.05) is 24.3 Å². The molecule has 1 aliphatic carbocycles. The van der Waals surface area contributed by atoms with Crippen molar-refractivity contribution < 1.29 is 9.53 Å². The predicted octanol–water partition coefficient (Wildman–Crippen LogP) is 2.49. The summed E-state index contributed by atoms with van der Waals surface area (Å²) in [6.07, 6.45) is 7.47. The Hall–Kier alpha value is -2.37. The lowest BCUT2D eigenvalue weighted by atomic mass is 10.1. The normalized spacial score (nSPS) is 14.9. The summed E-state index contributed by atoms with van der Waals surface area (Å²) in [5.74, 6) is 1.03. The largest absolute Gasteiger partial charge is 0.492 e. The Balaban J connectivity index is 1.51. The van der Waals surface area contributed by atoms with Gasteiger partial charge in [-0.25, -0.2) is 9.67 Å². The molecular formula is C16H20N4O2. The number of nitrogens with one attached hydrogen (secondary N) is 1. The molecular weight excluding hydrogens is 280 g/mol. The maximum absolute atomic E-state index is 12.1. The van der Waals surface area contributed by atoms with Gasteiger partial charge in [-0.1, -0.05) is 18.9 Å². The van der Waals surface area contributed by atoms with E-state index in [1.54, 1.807) is 11.0 Å². The number of benzene rings is 1. The molecule has 1 saturated carbocycles. The molecule has 1 aromatic carbocycles. The van der Waals surface area contributed by atoms with E-state index in [-0.39, 0.29) is 11.8 Å². The van der Waals surface area contributed by atoms with Gasteiger partial charge in [0.15, 0.2) is 0 Å². The van der Waals surface area contributed by atoms with E-state index in [0.717, 1.165) is 37.1 Å². The minimum Gasteiger partial charge on any atom is -0.492 e. The van der Waals surface area contributed by atoms with Crippen LogP contribution in [0.1, 0.15) is 25.7 Å². The van der Waals surface area contributed by atoms with Crippen molar-refractivity contribution in [3.8, 4) is 5.75 Å². The van der Waals surface area contributed by atoms with Crippen LogP contribution in [0.5, 0.6) is 5.75 Å². The van der Waals surface area contributed by atoms with E-state index in [0.29, 0.717) is 13.2 Å². The third-order valence-electron chi connectivity index (χ3n) is 3.88. The van der Waals surface area contributed by atoms with Gasteiger partial charge in [0, 0.05) is 17.7 Å². The number of nitrogens with zero attached hydrogens (tertiary/aromatic N) is 3. The molecule has 6 heteroatoms. The number of anilines is 1. The first-order valence-electron chi connectivity index (χ1n) is 7.67. The lowest BCUT2D eigenvalue weighted by molar-refractivity contribution is -0.119. The topological polar surface area (TPSA) is 69.0 Å². The van der Waals surface area contributed by atoms with Gasteiger partial charge in [0.05, 0.1) is 6.54 Å². The van der Waals surface area contributed by atoms with Gasteiger partial charge in [-0.3, -0.25) is 4.79 Å². The van der Waals surface area contributed by atoms with E-state index >= 15 is 0 Å². The second-order valence-corrected chi connectivity index (χ2v) is 5.51. The Morgan fingerprint density at radius 2 is 2.23 bits per heavy atom. The van der Waals surface area contributed by atoms with Gasteiger partial charge in [0.2, 0.25) is 5.91 Å². The van der Waals surface area contributed by atoms with E-state index in [4.69, 9.17) is 4.74 Å². The highest BCUT2D eigenvalue weighted by atomic mass is 16.5. The highest BCUT2D eigenvalue weighted by Gasteiger charge is 2.22. The first kappa shape index (κ1) is 14.6. The van der Waals surface area contributed by atoms with E-state index < -0.39 is 0 Å². The molecule has 1 N–H and O–H groups in total. The number of rotatable bonds is 6. The van der Waals surface area contributed by atoms with Gasteiger partial charge in [0.1, 0.15) is 25.0 Å². The minimum absolute atomic E-state index is 0.122. The van der Waals surface area contributed by atoms with Gasteiger partial charge in [-0.15, -0.1) is 0 Å². The average Bonchev–Trinajstić information content (AvgIpc) is 3.21. The fourth-order valence-electron chi connectivity index (χ4n) is 2.70. The zero-order chi connectivity index (χ0) is 15.2. The molecule has 3 rings (SSSR count). The van der Waals surface area contributed by atoms with Crippen molar-refractivity contribution in [3.63, 3.8) is 0 Å². The number of amides is 1. The maximum Gasteiger partial charge on any atom is 0.227 e. The molecule has 1 fully saturated rings. The quantitative estimate of drug-likeness (QED) is 0.890. The van der Waals surface area contributed by atoms with Crippen LogP contribution in [0.2, 0.25) is 0 Å². The van der Waals surface area contributed by atoms with Crippen LogP contribution in [0.15, 0.2) is 36.9 Å². The molecule has 22 heavy (non-hydrogen) atoms. The monoisotopic (exact) mass is 300 g/mol. The second kappa shape index (κ2) is 7.06. The fourth-order valence-corrected chi connectivity index (χ4v) is 2.70. The molecule has 1 amide bonds. The zero-order valence-corrected chi connectivity index (χ0v) is 12.4. The molecule has 1 aromatic heterocycles. The van der Waals surface area contributed by atoms with Crippen LogP contribution in [0.3, 0.4) is 0 Å². The molecule has 0 aliphatic heterocycles. The highest BCUT2D eigenvalue weighted by molar-refractivity contribution is 5.92. The molecule has 116 valence electrons. The lowest BCUT2D eigenvalue weighted by Gasteiger charge is -2.12. The Morgan fingerprint density at radius 1 is 1.36 bits per heavy atom. The summed E-state index contributed by atoms with van der Waals surface area (Å²) in [7, 11) is 0. The van der Waals surface area contributed by atoms with Gasteiger partial charge >= 0.3 is 0 Å². The SMILES string of the molecule is O=C(Nc1cccc(OCCn2cncn2)c1)C1CCCC1. The number of carbonyl (C=O) groups is 1. The van der Waals surface area contributed by atoms with Gasteiger partial charge in [-0.05, 0) is 25.0 Å². The lowest BCUT2D eigenvalue weighted by Crippen LogP contribution is -2.20. The summed E-state index contributed by atoms with van der Waals surface area (Å²) in [6, 6.07) is 7.51. The summed E-state index contributed by atoms with van der Waals surface area (Å²) in [5, 5.41) is 7.00. The number of aromatic nitrogens is 3. The first-order valence-corrected chi connectivity index (χ1v) is 7.67. The van der Waals surface area contributed by atoms with Crippen molar-refractivity contribution in [2.24, 2.45) is 5.92 Å². The summed E-state index contributed by atoms with van der Waals surface area (Å²) in [4.78, 5) is 16.0. The Bertz CT molecular complexity index is 606. The number of ether oxygens (including phenoxy) is 1. The molecule has 0 atom stereocenters. The van der Waals surface area contributed by atoms with Crippen molar-refractivity contribution in [1.29, 1.82) is 0 Å². The molecule has 0 radical (unpaired) electrons.